The molecule has 0 saturated carbocycles. The van der Waals surface area contributed by atoms with Gasteiger partial charge >= 0.3 is 0 Å². The van der Waals surface area contributed by atoms with E-state index in [1.165, 1.54) is 0 Å². The zero-order valence-electron chi connectivity index (χ0n) is 10.5. The molecule has 5 heteroatoms. The van der Waals surface area contributed by atoms with Crippen LogP contribution in [-0.2, 0) is 0 Å². The number of benzene rings is 1. The van der Waals surface area contributed by atoms with Crippen LogP contribution in [0.3, 0.4) is 0 Å². The molecule has 1 heterocycles. The molecule has 18 heavy (non-hydrogen) atoms. The first-order valence-electron chi connectivity index (χ1n) is 5.44. The highest BCUT2D eigenvalue weighted by atomic mass is 16.5. The molecule has 94 valence electrons. The standard InChI is InChI=1S/C13H14N2O3/c1-8-14-7-10(13(16)15-8)9-4-5-11(17-2)12(6-9)18-3/h4-7H,1-3H3,(H,14,15,16). The summed E-state index contributed by atoms with van der Waals surface area (Å²) >= 11 is 0. The summed E-state index contributed by atoms with van der Waals surface area (Å²) < 4.78 is 10.4. The number of methoxy groups -OCH3 is 2. The summed E-state index contributed by atoms with van der Waals surface area (Å²) in [6.07, 6.45) is 1.55. The first kappa shape index (κ1) is 12.2. The highest BCUT2D eigenvalue weighted by molar-refractivity contribution is 5.65. The second-order valence-corrected chi connectivity index (χ2v) is 3.78. The number of aromatic nitrogens is 2. The number of H-pyrrole nitrogens is 1. The van der Waals surface area contributed by atoms with Gasteiger partial charge in [-0.2, -0.15) is 0 Å². The van der Waals surface area contributed by atoms with Crippen LogP contribution in [0, 0.1) is 6.92 Å². The maximum atomic E-state index is 11.8. The van der Waals surface area contributed by atoms with Crippen LogP contribution in [0.5, 0.6) is 11.5 Å². The van der Waals surface area contributed by atoms with Crippen molar-refractivity contribution in [2.75, 3.05) is 14.2 Å². The Hall–Kier alpha value is -2.30. The number of rotatable bonds is 3. The number of nitrogens with one attached hydrogen (secondary N) is 1. The lowest BCUT2D eigenvalue weighted by atomic mass is 10.1. The molecule has 0 bridgehead atoms. The van der Waals surface area contributed by atoms with E-state index < -0.39 is 0 Å². The lowest BCUT2D eigenvalue weighted by Crippen LogP contribution is -2.11. The second-order valence-electron chi connectivity index (χ2n) is 3.78. The molecule has 0 aliphatic rings. The molecule has 0 aliphatic heterocycles. The van der Waals surface area contributed by atoms with Gasteiger partial charge in [0, 0.05) is 6.20 Å². The number of hydrogen-bond acceptors (Lipinski definition) is 4. The number of aryl methyl sites for hydroxylation is 1. The Kier molecular flexibility index (Phi) is 3.32. The van der Waals surface area contributed by atoms with E-state index in [1.807, 2.05) is 0 Å². The minimum absolute atomic E-state index is 0.172. The number of aromatic amines is 1. The molecule has 2 rings (SSSR count). The zero-order chi connectivity index (χ0) is 13.1. The van der Waals surface area contributed by atoms with Crippen LogP contribution in [0.4, 0.5) is 0 Å². The molecule has 0 radical (unpaired) electrons. The van der Waals surface area contributed by atoms with Crippen molar-refractivity contribution < 1.29 is 9.47 Å². The van der Waals surface area contributed by atoms with Gasteiger partial charge in [-0.3, -0.25) is 4.79 Å². The third-order valence-electron chi connectivity index (χ3n) is 2.62. The Morgan fingerprint density at radius 3 is 2.50 bits per heavy atom. The molecule has 0 spiro atoms. The molecule has 5 nitrogen and oxygen atoms in total. The van der Waals surface area contributed by atoms with E-state index in [0.29, 0.717) is 22.9 Å². The van der Waals surface area contributed by atoms with Gasteiger partial charge in [0.05, 0.1) is 19.8 Å². The van der Waals surface area contributed by atoms with E-state index in [1.54, 1.807) is 45.5 Å². The summed E-state index contributed by atoms with van der Waals surface area (Å²) in [5, 5.41) is 0. The average Bonchev–Trinajstić information content (AvgIpc) is 2.38. The third kappa shape index (κ3) is 2.20. The predicted molar refractivity (Wildman–Crippen MR) is 68.1 cm³/mol. The van der Waals surface area contributed by atoms with Crippen LogP contribution >= 0.6 is 0 Å². The summed E-state index contributed by atoms with van der Waals surface area (Å²) in [4.78, 5) is 18.6. The summed E-state index contributed by atoms with van der Waals surface area (Å²) in [6.45, 7) is 1.74. The van der Waals surface area contributed by atoms with Crippen LogP contribution in [0.1, 0.15) is 5.82 Å². The van der Waals surface area contributed by atoms with E-state index in [9.17, 15) is 4.79 Å². The normalized spacial score (nSPS) is 10.2. The SMILES string of the molecule is COc1ccc(-c2cnc(C)[nH]c2=O)cc1OC. The van der Waals surface area contributed by atoms with E-state index >= 15 is 0 Å². The van der Waals surface area contributed by atoms with Gasteiger partial charge < -0.3 is 14.5 Å². The summed E-state index contributed by atoms with van der Waals surface area (Å²) in [7, 11) is 3.12. The Morgan fingerprint density at radius 1 is 1.17 bits per heavy atom. The van der Waals surface area contributed by atoms with Gasteiger partial charge in [-0.05, 0) is 24.6 Å². The number of ether oxygens (including phenoxy) is 2. The monoisotopic (exact) mass is 246 g/mol. The Balaban J connectivity index is 2.54. The molecular formula is C13H14N2O3. The lowest BCUT2D eigenvalue weighted by molar-refractivity contribution is 0.355. The van der Waals surface area contributed by atoms with Crippen molar-refractivity contribution in [1.29, 1.82) is 0 Å². The Bertz CT molecular complexity index is 620. The minimum atomic E-state index is -0.172. The van der Waals surface area contributed by atoms with Crippen LogP contribution in [-0.4, -0.2) is 24.2 Å². The van der Waals surface area contributed by atoms with Crippen molar-refractivity contribution in [2.45, 2.75) is 6.92 Å². The van der Waals surface area contributed by atoms with Crippen molar-refractivity contribution in [3.05, 3.63) is 40.6 Å². The van der Waals surface area contributed by atoms with E-state index in [0.717, 1.165) is 5.56 Å². The number of hydrogen-bond donors (Lipinski definition) is 1. The van der Waals surface area contributed by atoms with E-state index in [2.05, 4.69) is 9.97 Å². The molecule has 0 saturated heterocycles. The van der Waals surface area contributed by atoms with Gasteiger partial charge in [0.2, 0.25) is 0 Å². The lowest BCUT2D eigenvalue weighted by Gasteiger charge is -2.09. The minimum Gasteiger partial charge on any atom is -0.493 e. The molecule has 0 atom stereocenters. The number of nitrogens with zero attached hydrogens (tertiary/aromatic N) is 1. The summed E-state index contributed by atoms with van der Waals surface area (Å²) in [5.74, 6) is 1.79. The van der Waals surface area contributed by atoms with Gasteiger partial charge in [-0.15, -0.1) is 0 Å². The summed E-state index contributed by atoms with van der Waals surface area (Å²) in [6, 6.07) is 5.30. The molecule has 0 fully saturated rings. The second kappa shape index (κ2) is 4.91. The molecule has 0 aliphatic carbocycles. The smallest absolute Gasteiger partial charge is 0.258 e. The maximum absolute atomic E-state index is 11.8. The fourth-order valence-corrected chi connectivity index (χ4v) is 1.69. The van der Waals surface area contributed by atoms with E-state index in [-0.39, 0.29) is 5.56 Å². The predicted octanol–water partition coefficient (Wildman–Crippen LogP) is 1.76. The van der Waals surface area contributed by atoms with Gasteiger partial charge in [-0.25, -0.2) is 4.98 Å². The van der Waals surface area contributed by atoms with Gasteiger partial charge in [0.25, 0.3) is 5.56 Å². The maximum Gasteiger partial charge on any atom is 0.258 e. The Labute approximate surface area is 104 Å². The quantitative estimate of drug-likeness (QED) is 0.896. The average molecular weight is 246 g/mol. The van der Waals surface area contributed by atoms with Crippen molar-refractivity contribution in [3.63, 3.8) is 0 Å². The van der Waals surface area contributed by atoms with Crippen molar-refractivity contribution in [3.8, 4) is 22.6 Å². The van der Waals surface area contributed by atoms with Crippen LogP contribution in [0.2, 0.25) is 0 Å². The van der Waals surface area contributed by atoms with Gasteiger partial charge in [0.1, 0.15) is 5.82 Å². The highest BCUT2D eigenvalue weighted by Gasteiger charge is 2.09. The van der Waals surface area contributed by atoms with Crippen LogP contribution < -0.4 is 15.0 Å². The van der Waals surface area contributed by atoms with Gasteiger partial charge in [0.15, 0.2) is 11.5 Å². The van der Waals surface area contributed by atoms with Crippen molar-refractivity contribution in [1.82, 2.24) is 9.97 Å². The topological polar surface area (TPSA) is 64.2 Å². The van der Waals surface area contributed by atoms with E-state index in [4.69, 9.17) is 9.47 Å². The van der Waals surface area contributed by atoms with Crippen molar-refractivity contribution >= 4 is 0 Å². The summed E-state index contributed by atoms with van der Waals surface area (Å²) in [5.41, 5.74) is 1.07. The highest BCUT2D eigenvalue weighted by Crippen LogP contribution is 2.30. The van der Waals surface area contributed by atoms with Gasteiger partial charge in [-0.1, -0.05) is 6.07 Å². The molecule has 1 aromatic heterocycles. The Morgan fingerprint density at radius 2 is 1.89 bits per heavy atom. The first-order chi connectivity index (χ1) is 8.65. The van der Waals surface area contributed by atoms with Crippen molar-refractivity contribution in [2.24, 2.45) is 0 Å². The molecule has 1 aromatic carbocycles. The fraction of sp³-hybridized carbons (Fsp3) is 0.231. The molecule has 2 aromatic rings. The molecule has 1 N–H and O–H groups in total. The molecule has 0 amide bonds. The largest absolute Gasteiger partial charge is 0.493 e. The van der Waals surface area contributed by atoms with Crippen LogP contribution in [0.25, 0.3) is 11.1 Å². The van der Waals surface area contributed by atoms with Crippen LogP contribution in [0.15, 0.2) is 29.2 Å². The first-order valence-corrected chi connectivity index (χ1v) is 5.44. The molecule has 0 unspecified atom stereocenters. The fourth-order valence-electron chi connectivity index (χ4n) is 1.69. The zero-order valence-corrected chi connectivity index (χ0v) is 10.5. The third-order valence-corrected chi connectivity index (χ3v) is 2.62. The molecular weight excluding hydrogens is 232 g/mol.